The number of benzene rings is 1. The summed E-state index contributed by atoms with van der Waals surface area (Å²) in [6, 6.07) is 8.25. The molecular weight excluding hydrogens is 252 g/mol. The maximum Gasteiger partial charge on any atom is 0.274 e. The highest BCUT2D eigenvalue weighted by atomic mass is 16.2. The average molecular weight is 268 g/mol. The summed E-state index contributed by atoms with van der Waals surface area (Å²) in [7, 11) is 1.76. The van der Waals surface area contributed by atoms with Gasteiger partial charge in [0, 0.05) is 20.1 Å². The Bertz CT molecular complexity index is 641. The molecule has 0 unspecified atom stereocenters. The van der Waals surface area contributed by atoms with Gasteiger partial charge in [0.15, 0.2) is 0 Å². The van der Waals surface area contributed by atoms with Crippen molar-refractivity contribution in [2.45, 2.75) is 13.0 Å². The predicted octanol–water partition coefficient (Wildman–Crippen LogP) is 1.72. The molecule has 5 nitrogen and oxygen atoms in total. The van der Waals surface area contributed by atoms with Crippen molar-refractivity contribution < 1.29 is 4.79 Å². The molecule has 0 atom stereocenters. The zero-order valence-electron chi connectivity index (χ0n) is 11.3. The Kier molecular flexibility index (Phi) is 3.33. The first-order valence-corrected chi connectivity index (χ1v) is 6.64. The Hall–Kier alpha value is -2.43. The van der Waals surface area contributed by atoms with E-state index in [1.807, 2.05) is 17.0 Å². The molecule has 1 aliphatic heterocycles. The van der Waals surface area contributed by atoms with E-state index in [2.05, 4.69) is 27.4 Å². The van der Waals surface area contributed by atoms with Crippen LogP contribution in [0.25, 0.3) is 0 Å². The lowest BCUT2D eigenvalue weighted by Crippen LogP contribution is -2.36. The largest absolute Gasteiger partial charge is 0.372 e. The molecule has 1 aliphatic rings. The van der Waals surface area contributed by atoms with Crippen molar-refractivity contribution >= 4 is 11.7 Å². The smallest absolute Gasteiger partial charge is 0.274 e. The number of fused-ring (bicyclic) bond motifs is 1. The minimum absolute atomic E-state index is 0.0656. The number of aromatic nitrogens is 2. The number of rotatable bonds is 2. The molecule has 20 heavy (non-hydrogen) atoms. The van der Waals surface area contributed by atoms with Gasteiger partial charge in [-0.05, 0) is 17.5 Å². The van der Waals surface area contributed by atoms with Gasteiger partial charge in [-0.15, -0.1) is 0 Å². The van der Waals surface area contributed by atoms with E-state index in [1.165, 1.54) is 17.3 Å². The molecule has 2 heterocycles. The molecule has 0 saturated heterocycles. The summed E-state index contributed by atoms with van der Waals surface area (Å²) in [5.74, 6) is 0.539. The molecule has 0 spiro atoms. The Balaban J connectivity index is 1.82. The Morgan fingerprint density at radius 2 is 2.05 bits per heavy atom. The molecule has 5 heteroatoms. The van der Waals surface area contributed by atoms with Crippen LogP contribution in [0.15, 0.2) is 36.7 Å². The normalized spacial score (nSPS) is 13.8. The first-order chi connectivity index (χ1) is 9.78. The van der Waals surface area contributed by atoms with E-state index in [4.69, 9.17) is 0 Å². The molecule has 0 fully saturated rings. The van der Waals surface area contributed by atoms with Crippen LogP contribution >= 0.6 is 0 Å². The van der Waals surface area contributed by atoms with Crippen LogP contribution in [0.5, 0.6) is 0 Å². The van der Waals surface area contributed by atoms with E-state index >= 15 is 0 Å². The highest BCUT2D eigenvalue weighted by Gasteiger charge is 2.22. The van der Waals surface area contributed by atoms with Crippen molar-refractivity contribution in [3.63, 3.8) is 0 Å². The highest BCUT2D eigenvalue weighted by Crippen LogP contribution is 2.19. The van der Waals surface area contributed by atoms with Gasteiger partial charge in [-0.2, -0.15) is 0 Å². The van der Waals surface area contributed by atoms with Gasteiger partial charge in [0.2, 0.25) is 0 Å². The third-order valence-electron chi connectivity index (χ3n) is 3.53. The number of anilines is 1. The SMILES string of the molecule is CNc1cncc(C(=O)N2CCc3ccccc3C2)n1. The van der Waals surface area contributed by atoms with Crippen molar-refractivity contribution in [1.82, 2.24) is 14.9 Å². The van der Waals surface area contributed by atoms with Gasteiger partial charge >= 0.3 is 0 Å². The molecule has 3 rings (SSSR count). The number of nitrogens with one attached hydrogen (secondary N) is 1. The quantitative estimate of drug-likeness (QED) is 0.901. The molecule has 0 bridgehead atoms. The van der Waals surface area contributed by atoms with Gasteiger partial charge in [0.25, 0.3) is 5.91 Å². The molecule has 1 aromatic heterocycles. The van der Waals surface area contributed by atoms with E-state index in [0.29, 0.717) is 18.1 Å². The van der Waals surface area contributed by atoms with Crippen LogP contribution in [0.2, 0.25) is 0 Å². The minimum Gasteiger partial charge on any atom is -0.372 e. The maximum atomic E-state index is 12.5. The number of hydrogen-bond acceptors (Lipinski definition) is 4. The highest BCUT2D eigenvalue weighted by molar-refractivity contribution is 5.92. The molecule has 0 aliphatic carbocycles. The summed E-state index contributed by atoms with van der Waals surface area (Å²) in [5, 5.41) is 2.90. The first-order valence-electron chi connectivity index (χ1n) is 6.64. The standard InChI is InChI=1S/C15H16N4O/c1-16-14-9-17-8-13(18-14)15(20)19-7-6-11-4-2-3-5-12(11)10-19/h2-5,8-9H,6-7,10H2,1H3,(H,16,18). The fourth-order valence-electron chi connectivity index (χ4n) is 2.42. The van der Waals surface area contributed by atoms with Crippen LogP contribution < -0.4 is 5.32 Å². The molecular formula is C15H16N4O. The number of carbonyl (C=O) groups excluding carboxylic acids is 1. The molecule has 1 amide bonds. The van der Waals surface area contributed by atoms with Crippen molar-refractivity contribution in [1.29, 1.82) is 0 Å². The molecule has 2 aromatic rings. The van der Waals surface area contributed by atoms with Gasteiger partial charge in [0.05, 0.1) is 12.4 Å². The maximum absolute atomic E-state index is 12.5. The topological polar surface area (TPSA) is 58.1 Å². The lowest BCUT2D eigenvalue weighted by Gasteiger charge is -2.28. The second kappa shape index (κ2) is 5.28. The third kappa shape index (κ3) is 2.34. The molecule has 0 radical (unpaired) electrons. The van der Waals surface area contributed by atoms with Gasteiger partial charge in [-0.3, -0.25) is 9.78 Å². The van der Waals surface area contributed by atoms with Crippen molar-refractivity contribution in [3.05, 3.63) is 53.5 Å². The average Bonchev–Trinajstić information content (AvgIpc) is 2.53. The van der Waals surface area contributed by atoms with E-state index < -0.39 is 0 Å². The van der Waals surface area contributed by atoms with Gasteiger partial charge < -0.3 is 10.2 Å². The van der Waals surface area contributed by atoms with Crippen LogP contribution in [0.4, 0.5) is 5.82 Å². The zero-order chi connectivity index (χ0) is 13.9. The lowest BCUT2D eigenvalue weighted by atomic mass is 10.00. The summed E-state index contributed by atoms with van der Waals surface area (Å²) >= 11 is 0. The van der Waals surface area contributed by atoms with Crippen LogP contribution in [0.3, 0.4) is 0 Å². The van der Waals surface area contributed by atoms with Crippen molar-refractivity contribution in [3.8, 4) is 0 Å². The van der Waals surface area contributed by atoms with E-state index in [1.54, 1.807) is 13.2 Å². The predicted molar refractivity (Wildman–Crippen MR) is 76.5 cm³/mol. The first kappa shape index (κ1) is 12.6. The van der Waals surface area contributed by atoms with Crippen molar-refractivity contribution in [2.75, 3.05) is 18.9 Å². The molecule has 102 valence electrons. The summed E-state index contributed by atoms with van der Waals surface area (Å²) < 4.78 is 0. The number of carbonyl (C=O) groups is 1. The summed E-state index contributed by atoms with van der Waals surface area (Å²) in [5.41, 5.74) is 2.92. The number of nitrogens with zero attached hydrogens (tertiary/aromatic N) is 3. The molecule has 1 aromatic carbocycles. The summed E-state index contributed by atoms with van der Waals surface area (Å²) in [6.45, 7) is 1.36. The number of hydrogen-bond donors (Lipinski definition) is 1. The Morgan fingerprint density at radius 3 is 2.85 bits per heavy atom. The second-order valence-electron chi connectivity index (χ2n) is 4.78. The van der Waals surface area contributed by atoms with Gasteiger partial charge in [0.1, 0.15) is 11.5 Å². The third-order valence-corrected chi connectivity index (χ3v) is 3.53. The fraction of sp³-hybridized carbons (Fsp3) is 0.267. The Labute approximate surface area is 117 Å². The van der Waals surface area contributed by atoms with E-state index in [0.717, 1.165) is 13.0 Å². The molecule has 0 saturated carbocycles. The summed E-state index contributed by atoms with van der Waals surface area (Å²) in [6.07, 6.45) is 4.01. The van der Waals surface area contributed by atoms with Crippen LogP contribution in [-0.4, -0.2) is 34.4 Å². The number of amides is 1. The lowest BCUT2D eigenvalue weighted by molar-refractivity contribution is 0.0728. The fourth-order valence-corrected chi connectivity index (χ4v) is 2.42. The Morgan fingerprint density at radius 1 is 1.25 bits per heavy atom. The van der Waals surface area contributed by atoms with Crippen LogP contribution in [0, 0.1) is 0 Å². The van der Waals surface area contributed by atoms with Gasteiger partial charge in [-0.25, -0.2) is 4.98 Å². The van der Waals surface area contributed by atoms with Crippen LogP contribution in [0.1, 0.15) is 21.6 Å². The zero-order valence-corrected chi connectivity index (χ0v) is 11.3. The molecule has 1 N–H and O–H groups in total. The summed E-state index contributed by atoms with van der Waals surface area (Å²) in [4.78, 5) is 22.6. The second-order valence-corrected chi connectivity index (χ2v) is 4.78. The van der Waals surface area contributed by atoms with Crippen LogP contribution in [-0.2, 0) is 13.0 Å². The van der Waals surface area contributed by atoms with E-state index in [9.17, 15) is 4.79 Å². The monoisotopic (exact) mass is 268 g/mol. The van der Waals surface area contributed by atoms with E-state index in [-0.39, 0.29) is 5.91 Å². The van der Waals surface area contributed by atoms with Gasteiger partial charge in [-0.1, -0.05) is 24.3 Å². The minimum atomic E-state index is -0.0656. The van der Waals surface area contributed by atoms with Crippen molar-refractivity contribution in [2.24, 2.45) is 0 Å².